The van der Waals surface area contributed by atoms with E-state index in [9.17, 15) is 15.0 Å². The zero-order chi connectivity index (χ0) is 11.3. The van der Waals surface area contributed by atoms with Crippen LogP contribution in [0.15, 0.2) is 24.3 Å². The van der Waals surface area contributed by atoms with Gasteiger partial charge in [0, 0.05) is 19.0 Å². The van der Waals surface area contributed by atoms with Gasteiger partial charge in [-0.3, -0.25) is 4.79 Å². The summed E-state index contributed by atoms with van der Waals surface area (Å²) >= 11 is 0. The molecule has 0 bridgehead atoms. The molecule has 0 aliphatic carbocycles. The number of nitrogens with one attached hydrogen (secondary N) is 1. The molecule has 3 N–H and O–H groups in total. The van der Waals surface area contributed by atoms with Crippen LogP contribution >= 0.6 is 0 Å². The summed E-state index contributed by atoms with van der Waals surface area (Å²) in [5, 5.41) is 21.2. The Bertz CT molecular complexity index is 385. The highest BCUT2D eigenvalue weighted by molar-refractivity contribution is 5.73. The van der Waals surface area contributed by atoms with E-state index >= 15 is 0 Å². The summed E-state index contributed by atoms with van der Waals surface area (Å²) in [7, 11) is 0. The van der Waals surface area contributed by atoms with Crippen LogP contribution in [0.5, 0.6) is 11.5 Å². The van der Waals surface area contributed by atoms with E-state index in [1.807, 2.05) is 0 Å². The van der Waals surface area contributed by atoms with E-state index in [1.54, 1.807) is 24.3 Å². The highest BCUT2D eigenvalue weighted by Gasteiger charge is 2.01. The predicted octanol–water partition coefficient (Wildman–Crippen LogP) is 1.25. The van der Waals surface area contributed by atoms with Crippen molar-refractivity contribution in [2.45, 2.75) is 6.92 Å². The highest BCUT2D eigenvalue weighted by atomic mass is 16.3. The van der Waals surface area contributed by atoms with Crippen LogP contribution in [0.2, 0.25) is 0 Å². The molecule has 1 aromatic carbocycles. The number of phenols is 2. The third kappa shape index (κ3) is 3.34. The Hall–Kier alpha value is -1.97. The second-order valence-corrected chi connectivity index (χ2v) is 3.05. The third-order valence-electron chi connectivity index (χ3n) is 1.81. The van der Waals surface area contributed by atoms with Crippen molar-refractivity contribution < 1.29 is 15.0 Å². The summed E-state index contributed by atoms with van der Waals surface area (Å²) < 4.78 is 0. The molecule has 0 saturated heterocycles. The number of benzene rings is 1. The summed E-state index contributed by atoms with van der Waals surface area (Å²) in [5.41, 5.74) is 0.514. The van der Waals surface area contributed by atoms with E-state index < -0.39 is 0 Å². The lowest BCUT2D eigenvalue weighted by Crippen LogP contribution is -2.19. The molecule has 0 aliphatic rings. The molecule has 0 radical (unpaired) electrons. The summed E-state index contributed by atoms with van der Waals surface area (Å²) in [4.78, 5) is 10.5. The molecule has 1 rings (SSSR count). The minimum absolute atomic E-state index is 0.111. The van der Waals surface area contributed by atoms with Crippen LogP contribution in [0, 0.1) is 0 Å². The smallest absolute Gasteiger partial charge is 0.217 e. The normalized spacial score (nSPS) is 10.5. The number of carbonyl (C=O) groups is 1. The van der Waals surface area contributed by atoms with Gasteiger partial charge in [0.15, 0.2) is 11.5 Å². The quantitative estimate of drug-likeness (QED) is 0.653. The van der Waals surface area contributed by atoms with Gasteiger partial charge in [-0.15, -0.1) is 0 Å². The number of amides is 1. The third-order valence-corrected chi connectivity index (χ3v) is 1.81. The van der Waals surface area contributed by atoms with Gasteiger partial charge in [-0.2, -0.15) is 0 Å². The Balaban J connectivity index is 2.64. The SMILES string of the molecule is CC(=O)NCC=Cc1cccc(O)c1O. The Labute approximate surface area is 87.9 Å². The number of rotatable bonds is 3. The predicted molar refractivity (Wildman–Crippen MR) is 57.5 cm³/mol. The van der Waals surface area contributed by atoms with Crippen LogP contribution in [0.4, 0.5) is 0 Å². The maximum atomic E-state index is 10.5. The fraction of sp³-hybridized carbons (Fsp3) is 0.182. The van der Waals surface area contributed by atoms with Crippen molar-refractivity contribution in [1.29, 1.82) is 0 Å². The number of carbonyl (C=O) groups excluding carboxylic acids is 1. The molecule has 0 saturated carbocycles. The lowest BCUT2D eigenvalue weighted by Gasteiger charge is -2.01. The van der Waals surface area contributed by atoms with Crippen LogP contribution in [0.25, 0.3) is 6.08 Å². The van der Waals surface area contributed by atoms with Gasteiger partial charge in [-0.05, 0) is 6.07 Å². The molecule has 4 heteroatoms. The van der Waals surface area contributed by atoms with Crippen LogP contribution in [-0.2, 0) is 4.79 Å². The van der Waals surface area contributed by atoms with E-state index in [0.717, 1.165) is 0 Å². The van der Waals surface area contributed by atoms with Gasteiger partial charge in [0.1, 0.15) is 0 Å². The number of aromatic hydroxyl groups is 2. The summed E-state index contributed by atoms with van der Waals surface area (Å²) in [6.45, 7) is 1.82. The Morgan fingerprint density at radius 2 is 2.20 bits per heavy atom. The monoisotopic (exact) mass is 207 g/mol. The van der Waals surface area contributed by atoms with Crippen molar-refractivity contribution in [1.82, 2.24) is 5.32 Å². The van der Waals surface area contributed by atoms with E-state index in [2.05, 4.69) is 5.32 Å². The first-order valence-electron chi connectivity index (χ1n) is 4.53. The number of para-hydroxylation sites is 1. The summed E-state index contributed by atoms with van der Waals surface area (Å²) in [6, 6.07) is 4.70. The maximum Gasteiger partial charge on any atom is 0.217 e. The van der Waals surface area contributed by atoms with Crippen LogP contribution in [0.3, 0.4) is 0 Å². The number of hydrogen-bond donors (Lipinski definition) is 3. The average molecular weight is 207 g/mol. The molecule has 0 spiro atoms. The molecule has 15 heavy (non-hydrogen) atoms. The van der Waals surface area contributed by atoms with Crippen molar-refractivity contribution >= 4 is 12.0 Å². The molecular weight excluding hydrogens is 194 g/mol. The molecule has 1 aromatic rings. The maximum absolute atomic E-state index is 10.5. The molecular formula is C11H13NO3. The zero-order valence-corrected chi connectivity index (χ0v) is 8.40. The Morgan fingerprint density at radius 1 is 1.47 bits per heavy atom. The molecule has 0 aromatic heterocycles. The lowest BCUT2D eigenvalue weighted by molar-refractivity contribution is -0.118. The molecule has 0 unspecified atom stereocenters. The van der Waals surface area contributed by atoms with E-state index in [4.69, 9.17) is 0 Å². The Morgan fingerprint density at radius 3 is 2.87 bits per heavy atom. The van der Waals surface area contributed by atoms with Gasteiger partial charge in [0.25, 0.3) is 0 Å². The molecule has 4 nitrogen and oxygen atoms in total. The molecule has 0 heterocycles. The van der Waals surface area contributed by atoms with Crippen molar-refractivity contribution in [2.24, 2.45) is 0 Å². The minimum atomic E-state index is -0.156. The number of phenolic OH excluding ortho intramolecular Hbond substituents is 2. The average Bonchev–Trinajstić information content (AvgIpc) is 2.18. The summed E-state index contributed by atoms with van der Waals surface area (Å²) in [5.74, 6) is -0.423. The zero-order valence-electron chi connectivity index (χ0n) is 8.40. The first kappa shape index (κ1) is 11.1. The summed E-state index contributed by atoms with van der Waals surface area (Å²) in [6.07, 6.45) is 3.32. The van der Waals surface area contributed by atoms with Crippen molar-refractivity contribution in [3.63, 3.8) is 0 Å². The second-order valence-electron chi connectivity index (χ2n) is 3.05. The molecule has 80 valence electrons. The standard InChI is InChI=1S/C11H13NO3/c1-8(13)12-7-3-5-9-4-2-6-10(14)11(9)15/h2-6,14-15H,7H2,1H3,(H,12,13). The number of hydrogen-bond acceptors (Lipinski definition) is 3. The first-order chi connectivity index (χ1) is 7.11. The van der Waals surface area contributed by atoms with Crippen molar-refractivity contribution in [3.8, 4) is 11.5 Å². The first-order valence-corrected chi connectivity index (χ1v) is 4.53. The molecule has 0 aliphatic heterocycles. The van der Waals surface area contributed by atoms with Gasteiger partial charge in [0.2, 0.25) is 5.91 Å². The topological polar surface area (TPSA) is 69.6 Å². The molecule has 0 atom stereocenters. The van der Waals surface area contributed by atoms with Crippen LogP contribution < -0.4 is 5.32 Å². The Kier molecular flexibility index (Phi) is 3.74. The van der Waals surface area contributed by atoms with Gasteiger partial charge >= 0.3 is 0 Å². The van der Waals surface area contributed by atoms with Crippen LogP contribution in [0.1, 0.15) is 12.5 Å². The molecule has 0 fully saturated rings. The highest BCUT2D eigenvalue weighted by Crippen LogP contribution is 2.28. The van der Waals surface area contributed by atoms with Crippen molar-refractivity contribution in [2.75, 3.05) is 6.54 Å². The van der Waals surface area contributed by atoms with E-state index in [1.165, 1.54) is 13.0 Å². The van der Waals surface area contributed by atoms with Gasteiger partial charge in [-0.1, -0.05) is 24.3 Å². The minimum Gasteiger partial charge on any atom is -0.504 e. The molecule has 1 amide bonds. The fourth-order valence-electron chi connectivity index (χ4n) is 1.07. The second kappa shape index (κ2) is 5.05. The van der Waals surface area contributed by atoms with Crippen molar-refractivity contribution in [3.05, 3.63) is 29.8 Å². The van der Waals surface area contributed by atoms with Gasteiger partial charge in [0.05, 0.1) is 0 Å². The van der Waals surface area contributed by atoms with Crippen LogP contribution in [-0.4, -0.2) is 22.7 Å². The fourth-order valence-corrected chi connectivity index (χ4v) is 1.07. The van der Waals surface area contributed by atoms with E-state index in [-0.39, 0.29) is 17.4 Å². The largest absolute Gasteiger partial charge is 0.504 e. The van der Waals surface area contributed by atoms with Gasteiger partial charge < -0.3 is 15.5 Å². The van der Waals surface area contributed by atoms with Gasteiger partial charge in [-0.25, -0.2) is 0 Å². The van der Waals surface area contributed by atoms with E-state index in [0.29, 0.717) is 12.1 Å². The lowest BCUT2D eigenvalue weighted by atomic mass is 10.1.